The van der Waals surface area contributed by atoms with Crippen molar-refractivity contribution in [2.45, 2.75) is 76.5 Å². The average molecular weight is 626 g/mol. The van der Waals surface area contributed by atoms with Crippen LogP contribution in [0.4, 0.5) is 16.3 Å². The van der Waals surface area contributed by atoms with Gasteiger partial charge in [0.15, 0.2) is 5.03 Å². The van der Waals surface area contributed by atoms with Gasteiger partial charge in [0.25, 0.3) is 10.0 Å². The number of anilines is 2. The zero-order valence-electron chi connectivity index (χ0n) is 26.3. The molecule has 2 aromatic heterocycles. The molecule has 1 aromatic carbocycles. The summed E-state index contributed by atoms with van der Waals surface area (Å²) in [6.45, 7) is 6.49. The molecule has 0 aliphatic rings. The van der Waals surface area contributed by atoms with E-state index in [9.17, 15) is 23.1 Å². The van der Waals surface area contributed by atoms with E-state index in [0.717, 1.165) is 41.8 Å². The van der Waals surface area contributed by atoms with Gasteiger partial charge in [-0.05, 0) is 81.5 Å². The number of carbonyl (C=O) groups excluding carboxylic acids is 1. The number of nitrogens with zero attached hydrogens (tertiary/aromatic N) is 4. The molecule has 0 fully saturated rings. The van der Waals surface area contributed by atoms with Crippen LogP contribution in [-0.2, 0) is 32.4 Å². The number of ether oxygens (including phenoxy) is 1. The molecule has 44 heavy (non-hydrogen) atoms. The fourth-order valence-corrected chi connectivity index (χ4v) is 5.76. The molecule has 1 atom stereocenters. The van der Waals surface area contributed by atoms with E-state index >= 15 is 0 Å². The molecule has 2 N–H and O–H groups in total. The minimum Gasteiger partial charge on any atom is -0.480 e. The number of nitrogens with one attached hydrogen (secondary N) is 1. The number of carboxylic acid groups (broad SMARTS) is 1. The maximum atomic E-state index is 13.4. The van der Waals surface area contributed by atoms with Gasteiger partial charge < -0.3 is 14.7 Å². The molecule has 12 heteroatoms. The van der Waals surface area contributed by atoms with E-state index in [1.54, 1.807) is 45.0 Å². The number of aryl methyl sites for hydroxylation is 1. The predicted octanol–water partition coefficient (Wildman–Crippen LogP) is 5.36. The molecule has 3 aromatic rings. The van der Waals surface area contributed by atoms with E-state index in [2.05, 4.69) is 27.7 Å². The monoisotopic (exact) mass is 625 g/mol. The summed E-state index contributed by atoms with van der Waals surface area (Å²) in [6.07, 6.45) is 5.00. The van der Waals surface area contributed by atoms with Crippen molar-refractivity contribution in [3.05, 3.63) is 77.6 Å². The Kier molecular flexibility index (Phi) is 11.8. The normalized spacial score (nSPS) is 12.4. The van der Waals surface area contributed by atoms with Crippen molar-refractivity contribution in [2.75, 3.05) is 30.4 Å². The van der Waals surface area contributed by atoms with Crippen molar-refractivity contribution in [3.63, 3.8) is 0 Å². The SMILES string of the molecule is CCCCCc1ccc(CC(NS(=O)(=O)c2ccccn2)c2cccc(N(CC(=O)O)C(=O)OC(C)(C)C)n2)cc1N(C)C. The van der Waals surface area contributed by atoms with Crippen LogP contribution in [0.25, 0.3) is 0 Å². The lowest BCUT2D eigenvalue weighted by molar-refractivity contribution is -0.135. The first-order valence-corrected chi connectivity index (χ1v) is 16.1. The van der Waals surface area contributed by atoms with Crippen LogP contribution in [0, 0.1) is 0 Å². The van der Waals surface area contributed by atoms with E-state index < -0.39 is 40.3 Å². The largest absolute Gasteiger partial charge is 0.480 e. The number of hydrogen-bond donors (Lipinski definition) is 2. The average Bonchev–Trinajstić information content (AvgIpc) is 2.95. The number of aliphatic carboxylic acids is 1. The van der Waals surface area contributed by atoms with Crippen LogP contribution in [-0.4, -0.2) is 61.8 Å². The molecule has 2 heterocycles. The molecule has 11 nitrogen and oxygen atoms in total. The summed E-state index contributed by atoms with van der Waals surface area (Å²) in [5, 5.41) is 9.38. The van der Waals surface area contributed by atoms with Gasteiger partial charge in [-0.1, -0.05) is 44.0 Å². The lowest BCUT2D eigenvalue weighted by Crippen LogP contribution is -2.40. The summed E-state index contributed by atoms with van der Waals surface area (Å²) in [5.41, 5.74) is 2.53. The lowest BCUT2D eigenvalue weighted by atomic mass is 9.98. The third-order valence-electron chi connectivity index (χ3n) is 6.63. The first-order chi connectivity index (χ1) is 20.7. The molecule has 0 spiro atoms. The fourth-order valence-electron chi connectivity index (χ4n) is 4.60. The summed E-state index contributed by atoms with van der Waals surface area (Å²) < 4.78 is 35.0. The topological polar surface area (TPSA) is 142 Å². The van der Waals surface area contributed by atoms with Gasteiger partial charge in [0, 0.05) is 26.0 Å². The Bertz CT molecular complexity index is 1520. The van der Waals surface area contributed by atoms with Crippen LogP contribution in [0.5, 0.6) is 0 Å². The first kappa shape index (κ1) is 34.5. The molecule has 1 amide bonds. The van der Waals surface area contributed by atoms with Crippen LogP contribution < -0.4 is 14.5 Å². The van der Waals surface area contributed by atoms with Gasteiger partial charge in [-0.25, -0.2) is 27.9 Å². The minimum atomic E-state index is -4.08. The van der Waals surface area contributed by atoms with Crippen molar-refractivity contribution < 1.29 is 27.9 Å². The van der Waals surface area contributed by atoms with E-state index in [4.69, 9.17) is 4.74 Å². The summed E-state index contributed by atoms with van der Waals surface area (Å²) in [5.74, 6) is -1.24. The number of amides is 1. The number of hydrogen-bond acceptors (Lipinski definition) is 8. The standard InChI is InChI=1S/C32H43N5O6S/c1-7-8-9-13-24-18-17-23(21-27(24)36(5)6)20-26(35-44(41,42)29-16-10-11-19-33-29)25-14-12-15-28(34-25)37(22-30(38)39)31(40)43-32(2,3)4/h10-12,14-19,21,26,35H,7-9,13,20,22H2,1-6H3,(H,38,39). The molecule has 0 radical (unpaired) electrons. The lowest BCUT2D eigenvalue weighted by Gasteiger charge is -2.26. The van der Waals surface area contributed by atoms with Crippen LogP contribution in [0.2, 0.25) is 0 Å². The Hall–Kier alpha value is -4.03. The third kappa shape index (κ3) is 10.0. The molecule has 0 aliphatic carbocycles. The first-order valence-electron chi connectivity index (χ1n) is 14.6. The van der Waals surface area contributed by atoms with Crippen molar-refractivity contribution >= 4 is 33.6 Å². The van der Waals surface area contributed by atoms with Gasteiger partial charge in [-0.2, -0.15) is 0 Å². The van der Waals surface area contributed by atoms with Crippen molar-refractivity contribution in [2.24, 2.45) is 0 Å². The summed E-state index contributed by atoms with van der Waals surface area (Å²) in [7, 11) is -0.131. The zero-order chi connectivity index (χ0) is 32.5. The number of pyridine rings is 2. The van der Waals surface area contributed by atoms with Crippen molar-refractivity contribution in [1.82, 2.24) is 14.7 Å². The van der Waals surface area contributed by atoms with E-state index in [1.165, 1.54) is 23.9 Å². The second-order valence-corrected chi connectivity index (χ2v) is 13.4. The quantitative estimate of drug-likeness (QED) is 0.226. The second kappa shape index (κ2) is 15.1. The Morgan fingerprint density at radius 3 is 2.41 bits per heavy atom. The van der Waals surface area contributed by atoms with Crippen molar-refractivity contribution in [1.29, 1.82) is 0 Å². The maximum Gasteiger partial charge on any atom is 0.416 e. The van der Waals surface area contributed by atoms with Crippen LogP contribution >= 0.6 is 0 Å². The highest BCUT2D eigenvalue weighted by molar-refractivity contribution is 7.89. The van der Waals surface area contributed by atoms with E-state index in [1.807, 2.05) is 31.1 Å². The van der Waals surface area contributed by atoms with Crippen LogP contribution in [0.3, 0.4) is 0 Å². The number of unbranched alkanes of at least 4 members (excludes halogenated alkanes) is 2. The Morgan fingerprint density at radius 2 is 1.80 bits per heavy atom. The number of carboxylic acids is 1. The van der Waals surface area contributed by atoms with Gasteiger partial charge in [-0.15, -0.1) is 0 Å². The number of benzene rings is 1. The molecule has 3 rings (SSSR count). The molecular weight excluding hydrogens is 582 g/mol. The number of aromatic nitrogens is 2. The van der Waals surface area contributed by atoms with Crippen LogP contribution in [0.1, 0.15) is 69.8 Å². The van der Waals surface area contributed by atoms with Gasteiger partial charge in [0.2, 0.25) is 0 Å². The molecule has 0 saturated carbocycles. The molecule has 0 bridgehead atoms. The molecule has 0 aliphatic heterocycles. The van der Waals surface area contributed by atoms with E-state index in [-0.39, 0.29) is 17.3 Å². The van der Waals surface area contributed by atoms with Gasteiger partial charge in [0.1, 0.15) is 18.0 Å². The molecule has 1 unspecified atom stereocenters. The predicted molar refractivity (Wildman–Crippen MR) is 170 cm³/mol. The Morgan fingerprint density at radius 1 is 1.05 bits per heavy atom. The maximum absolute atomic E-state index is 13.4. The van der Waals surface area contributed by atoms with Gasteiger partial charge in [-0.3, -0.25) is 9.69 Å². The van der Waals surface area contributed by atoms with Gasteiger partial charge >= 0.3 is 12.1 Å². The zero-order valence-corrected chi connectivity index (χ0v) is 27.1. The van der Waals surface area contributed by atoms with E-state index in [0.29, 0.717) is 5.69 Å². The number of carbonyl (C=O) groups is 2. The highest BCUT2D eigenvalue weighted by Crippen LogP contribution is 2.28. The second-order valence-electron chi connectivity index (χ2n) is 11.7. The van der Waals surface area contributed by atoms with Crippen LogP contribution in [0.15, 0.2) is 65.8 Å². The smallest absolute Gasteiger partial charge is 0.416 e. The molecule has 0 saturated heterocycles. The summed E-state index contributed by atoms with van der Waals surface area (Å²) in [4.78, 5) is 36.2. The highest BCUT2D eigenvalue weighted by Gasteiger charge is 2.29. The number of sulfonamides is 1. The Labute approximate surface area is 260 Å². The summed E-state index contributed by atoms with van der Waals surface area (Å²) >= 11 is 0. The van der Waals surface area contributed by atoms with Gasteiger partial charge in [0.05, 0.1) is 11.7 Å². The third-order valence-corrected chi connectivity index (χ3v) is 8.02. The number of rotatable bonds is 14. The Balaban J connectivity index is 2.06. The van der Waals surface area contributed by atoms with Crippen molar-refractivity contribution in [3.8, 4) is 0 Å². The summed E-state index contributed by atoms with van der Waals surface area (Å²) in [6, 6.07) is 14.5. The molecule has 238 valence electrons. The molecular formula is C32H43N5O6S. The minimum absolute atomic E-state index is 0.0152. The highest BCUT2D eigenvalue weighted by atomic mass is 32.2. The fraction of sp³-hybridized carbons (Fsp3) is 0.438.